The van der Waals surface area contributed by atoms with E-state index in [0.717, 1.165) is 44.9 Å². The van der Waals surface area contributed by atoms with Gasteiger partial charge in [0.15, 0.2) is 12.6 Å². The van der Waals surface area contributed by atoms with Crippen LogP contribution in [0.25, 0.3) is 0 Å². The third-order valence-electron chi connectivity index (χ3n) is 17.3. The van der Waals surface area contributed by atoms with E-state index in [0.29, 0.717) is 18.8 Å². The molecule has 8 N–H and O–H groups in total. The smallest absolute Gasteiger partial charge is 0.187 e. The molecule has 7 rings (SSSR count). The quantitative estimate of drug-likeness (QED) is 0.130. The molecule has 5 aliphatic carbocycles. The Labute approximate surface area is 330 Å². The summed E-state index contributed by atoms with van der Waals surface area (Å²) in [5.41, 5.74) is 0.0318. The van der Waals surface area contributed by atoms with E-state index < -0.39 is 97.0 Å². The molecule has 19 atom stereocenters. The fourth-order valence-corrected chi connectivity index (χ4v) is 13.7. The molecule has 4 saturated carbocycles. The highest BCUT2D eigenvalue weighted by Crippen LogP contribution is 2.76. The Morgan fingerprint density at radius 2 is 1.46 bits per heavy atom. The number of hydrogen-bond donors (Lipinski definition) is 8. The number of aliphatic hydroxyl groups excluding tert-OH is 8. The van der Waals surface area contributed by atoms with Crippen LogP contribution < -0.4 is 5.11 Å². The molecule has 6 fully saturated rings. The van der Waals surface area contributed by atoms with Gasteiger partial charge < -0.3 is 69.7 Å². The number of hydrogen-bond acceptors (Lipinski definition) is 14. The summed E-state index contributed by atoms with van der Waals surface area (Å²) >= 11 is 0. The van der Waals surface area contributed by atoms with Crippen molar-refractivity contribution in [2.45, 2.75) is 180 Å². The minimum absolute atomic E-state index is 0.0133. The number of carbonyl (C=O) groups excluding carboxylic acids is 1. The van der Waals surface area contributed by atoms with Gasteiger partial charge in [-0.25, -0.2) is 0 Å². The lowest BCUT2D eigenvalue weighted by Crippen LogP contribution is -2.68. The van der Waals surface area contributed by atoms with Crippen molar-refractivity contribution < 1.29 is 69.7 Å². The third-order valence-corrected chi connectivity index (χ3v) is 17.3. The van der Waals surface area contributed by atoms with Gasteiger partial charge in [0.05, 0.1) is 31.4 Å². The van der Waals surface area contributed by atoms with Crippen LogP contribution in [0, 0.1) is 50.2 Å². The second-order valence-electron chi connectivity index (χ2n) is 20.8. The van der Waals surface area contributed by atoms with Crippen molar-refractivity contribution in [1.82, 2.24) is 0 Å². The number of carboxylic acids is 1. The summed E-state index contributed by atoms with van der Waals surface area (Å²) in [5.74, 6) is -1.21. The summed E-state index contributed by atoms with van der Waals surface area (Å²) in [6.45, 7) is 15.3. The average molecular weight is 796 g/mol. The van der Waals surface area contributed by atoms with E-state index in [1.54, 1.807) is 0 Å². The van der Waals surface area contributed by atoms with Gasteiger partial charge in [-0.2, -0.15) is 0 Å². The summed E-state index contributed by atoms with van der Waals surface area (Å²) < 4.78 is 23.4. The Morgan fingerprint density at radius 1 is 0.786 bits per heavy atom. The molecule has 0 unspecified atom stereocenters. The van der Waals surface area contributed by atoms with Crippen LogP contribution in [0.5, 0.6) is 0 Å². The normalized spacial score (nSPS) is 53.8. The molecule has 14 nitrogen and oxygen atoms in total. The van der Waals surface area contributed by atoms with Crippen molar-refractivity contribution in [3.05, 3.63) is 11.6 Å². The van der Waals surface area contributed by atoms with Gasteiger partial charge in [-0.05, 0) is 103 Å². The van der Waals surface area contributed by atoms with E-state index in [9.17, 15) is 50.8 Å². The Hall–Kier alpha value is -1.27. The van der Waals surface area contributed by atoms with Gasteiger partial charge in [-0.3, -0.25) is 0 Å². The number of carboxylic acid groups (broad SMARTS) is 1. The molecule has 0 aromatic heterocycles. The summed E-state index contributed by atoms with van der Waals surface area (Å²) in [4.78, 5) is 12.2. The summed E-state index contributed by atoms with van der Waals surface area (Å²) in [7, 11) is 0. The topological polar surface area (TPSA) is 239 Å². The molecule has 0 spiro atoms. The lowest BCUT2D eigenvalue weighted by Gasteiger charge is -2.72. The maximum Gasteiger partial charge on any atom is 0.187 e. The lowest BCUT2D eigenvalue weighted by atomic mass is 9.33. The number of aliphatic hydroxyl groups is 8. The lowest BCUT2D eigenvalue weighted by molar-refractivity contribution is -0.381. The van der Waals surface area contributed by atoms with Crippen LogP contribution >= 0.6 is 0 Å². The van der Waals surface area contributed by atoms with Crippen LogP contribution in [0.2, 0.25) is 0 Å². The highest BCUT2D eigenvalue weighted by Gasteiger charge is 2.70. The van der Waals surface area contributed by atoms with E-state index in [1.807, 2.05) is 0 Å². The van der Waals surface area contributed by atoms with E-state index in [4.69, 9.17) is 18.9 Å². The summed E-state index contributed by atoms with van der Waals surface area (Å²) in [5, 5.41) is 98.4. The second kappa shape index (κ2) is 14.4. The maximum absolute atomic E-state index is 12.2. The molecule has 14 heteroatoms. The van der Waals surface area contributed by atoms with Crippen molar-refractivity contribution in [3.8, 4) is 0 Å². The Bertz CT molecular complexity index is 1520. The van der Waals surface area contributed by atoms with E-state index >= 15 is 0 Å². The molecule has 0 aromatic carbocycles. The molecule has 320 valence electrons. The molecular formula is C42H67O14-. The zero-order valence-corrected chi connectivity index (χ0v) is 34.0. The first-order chi connectivity index (χ1) is 26.0. The molecule has 0 bridgehead atoms. The Balaban J connectivity index is 1.13. The number of carbonyl (C=O) groups is 1. The number of aliphatic carboxylic acids is 1. The molecule has 2 heterocycles. The highest BCUT2D eigenvalue weighted by molar-refractivity contribution is 5.71. The van der Waals surface area contributed by atoms with Crippen molar-refractivity contribution >= 4 is 5.97 Å². The van der Waals surface area contributed by atoms with Crippen LogP contribution in [0.4, 0.5) is 0 Å². The fourth-order valence-electron chi connectivity index (χ4n) is 13.7. The Morgan fingerprint density at radius 3 is 2.11 bits per heavy atom. The molecule has 0 radical (unpaired) electrons. The van der Waals surface area contributed by atoms with Crippen LogP contribution in [-0.2, 0) is 23.7 Å². The van der Waals surface area contributed by atoms with Crippen molar-refractivity contribution in [2.75, 3.05) is 13.2 Å². The predicted octanol–water partition coefficient (Wildman–Crippen LogP) is 0.518. The first-order valence-electron chi connectivity index (χ1n) is 20.9. The fraction of sp³-hybridized carbons (Fsp3) is 0.929. The highest BCUT2D eigenvalue weighted by atomic mass is 16.7. The molecular weight excluding hydrogens is 728 g/mol. The van der Waals surface area contributed by atoms with Crippen molar-refractivity contribution in [1.29, 1.82) is 0 Å². The second-order valence-corrected chi connectivity index (χ2v) is 20.8. The summed E-state index contributed by atoms with van der Waals surface area (Å²) in [6.07, 6.45) is -8.75. The zero-order chi connectivity index (χ0) is 41.1. The SMILES string of the molecule is CC1(C)CC[C@]2(CO)[C@@H](O)C[C@]3(C)C(=CC[C@@H]4[C@@]5(C)CC[C@H](O[C@@H]6O[C@H](C(=O)[O-])[C@@H](O)[C@H](O[C@@H]7O[C@H](CO)[C@@H](O)[C@H](O)[C@H]7O)[C@H]6O)C(C)(C)[C@@H]5CC[C@]43C)[C@@H]2C1. The van der Waals surface area contributed by atoms with Gasteiger partial charge in [0.25, 0.3) is 0 Å². The largest absolute Gasteiger partial charge is 0.547 e. The zero-order valence-electron chi connectivity index (χ0n) is 34.0. The predicted molar refractivity (Wildman–Crippen MR) is 197 cm³/mol. The van der Waals surface area contributed by atoms with Gasteiger partial charge in [0.1, 0.15) is 48.8 Å². The standard InChI is InChI=1S/C42H68O14/c1-37(2)14-15-42(19-44)21(16-37)20-8-9-24-39(5)12-11-26(38(3,4)23(39)10-13-40(24,6)41(20,7)17-25(42)45)54-36-31(50)32(30(49)33(56-36)34(51)52)55-35-29(48)28(47)27(46)22(18-43)53-35/h8,21-33,35-36,43-50H,9-19H2,1-7H3,(H,51,52)/p-1/t21-,22+,23-,24+,25-,26-,27+,28-,29+,30-,31+,32-,33-,35-,36+,39-,40+,41+,42+/m0/s1. The average Bonchev–Trinajstić information content (AvgIpc) is 3.12. The number of rotatable bonds is 7. The van der Waals surface area contributed by atoms with Crippen LogP contribution in [0.15, 0.2) is 11.6 Å². The minimum Gasteiger partial charge on any atom is -0.547 e. The maximum atomic E-state index is 12.2. The molecule has 0 amide bonds. The van der Waals surface area contributed by atoms with E-state index in [1.165, 1.54) is 5.57 Å². The molecule has 7 aliphatic rings. The summed E-state index contributed by atoms with van der Waals surface area (Å²) in [6, 6.07) is 0. The van der Waals surface area contributed by atoms with Crippen LogP contribution in [0.3, 0.4) is 0 Å². The molecule has 0 aromatic rings. The van der Waals surface area contributed by atoms with Crippen LogP contribution in [-0.4, -0.2) is 134 Å². The van der Waals surface area contributed by atoms with Crippen molar-refractivity contribution in [2.24, 2.45) is 50.2 Å². The number of allylic oxidation sites excluding steroid dienone is 2. The minimum atomic E-state index is -1.99. The number of ether oxygens (including phenoxy) is 4. The third kappa shape index (κ3) is 6.21. The Kier molecular flexibility index (Phi) is 11.0. The molecule has 2 aliphatic heterocycles. The molecule has 56 heavy (non-hydrogen) atoms. The van der Waals surface area contributed by atoms with Gasteiger partial charge >= 0.3 is 0 Å². The van der Waals surface area contributed by atoms with Crippen molar-refractivity contribution in [3.63, 3.8) is 0 Å². The first kappa shape index (κ1) is 42.8. The van der Waals surface area contributed by atoms with Gasteiger partial charge in [0.2, 0.25) is 0 Å². The van der Waals surface area contributed by atoms with E-state index in [-0.39, 0.29) is 40.1 Å². The van der Waals surface area contributed by atoms with Gasteiger partial charge in [0, 0.05) is 5.41 Å². The van der Waals surface area contributed by atoms with E-state index in [2.05, 4.69) is 54.5 Å². The van der Waals surface area contributed by atoms with Crippen LogP contribution in [0.1, 0.15) is 106 Å². The number of fused-ring (bicyclic) bond motifs is 7. The molecule has 2 saturated heterocycles. The van der Waals surface area contributed by atoms with Gasteiger partial charge in [-0.15, -0.1) is 0 Å². The van der Waals surface area contributed by atoms with Gasteiger partial charge in [-0.1, -0.05) is 60.1 Å². The first-order valence-corrected chi connectivity index (χ1v) is 20.9. The monoisotopic (exact) mass is 795 g/mol.